The lowest BCUT2D eigenvalue weighted by Crippen LogP contribution is -2.48. The number of rotatable bonds is 6. The molecule has 1 N–H and O–H groups in total. The van der Waals surface area contributed by atoms with Crippen molar-refractivity contribution >= 4 is 39.1 Å². The van der Waals surface area contributed by atoms with E-state index in [1.165, 1.54) is 29.3 Å². The summed E-state index contributed by atoms with van der Waals surface area (Å²) in [6.07, 6.45) is 3.40. The molecule has 3 rings (SSSR count). The molecule has 168 valence electrons. The van der Waals surface area contributed by atoms with E-state index < -0.39 is 10.0 Å². The third kappa shape index (κ3) is 5.49. The molecule has 30 heavy (non-hydrogen) atoms. The maximum absolute atomic E-state index is 13.0. The Morgan fingerprint density at radius 1 is 1.10 bits per heavy atom. The molecule has 0 aliphatic carbocycles. The van der Waals surface area contributed by atoms with Crippen molar-refractivity contribution in [1.29, 1.82) is 0 Å². The van der Waals surface area contributed by atoms with Crippen LogP contribution < -0.4 is 5.32 Å². The van der Waals surface area contributed by atoms with Gasteiger partial charge >= 0.3 is 0 Å². The van der Waals surface area contributed by atoms with Gasteiger partial charge in [0.2, 0.25) is 15.9 Å². The summed E-state index contributed by atoms with van der Waals surface area (Å²) in [5.41, 5.74) is 0. The highest BCUT2D eigenvalue weighted by atomic mass is 35.5. The second-order valence-corrected chi connectivity index (χ2v) is 11.2. The van der Waals surface area contributed by atoms with E-state index >= 15 is 0 Å². The van der Waals surface area contributed by atoms with Crippen LogP contribution in [0.1, 0.15) is 39.5 Å². The zero-order chi connectivity index (χ0) is 21.9. The number of nitrogens with zero attached hydrogens (tertiary/aromatic N) is 2. The van der Waals surface area contributed by atoms with Crippen LogP contribution in [0.2, 0.25) is 10.0 Å². The number of amides is 1. The lowest BCUT2D eigenvalue weighted by molar-refractivity contribution is -0.126. The highest BCUT2D eigenvalue weighted by Crippen LogP contribution is 2.33. The van der Waals surface area contributed by atoms with Crippen molar-refractivity contribution in [3.63, 3.8) is 0 Å². The summed E-state index contributed by atoms with van der Waals surface area (Å²) >= 11 is 12.2. The lowest BCUT2D eigenvalue weighted by atomic mass is 9.96. The third-order valence-electron chi connectivity index (χ3n) is 6.35. The normalized spacial score (nSPS) is 21.5. The number of sulfonamides is 1. The smallest absolute Gasteiger partial charge is 0.246 e. The SMILES string of the molecule is CC1CCN(C(C)CNC(=O)C2CCN(S(=O)(=O)c3c(Cl)cccc3Cl)CC2)CC1. The number of carbonyl (C=O) groups is 1. The van der Waals surface area contributed by atoms with Gasteiger partial charge in [0.1, 0.15) is 4.90 Å². The molecule has 1 aromatic rings. The molecule has 1 aromatic carbocycles. The summed E-state index contributed by atoms with van der Waals surface area (Å²) in [4.78, 5) is 15.0. The van der Waals surface area contributed by atoms with Gasteiger partial charge in [-0.15, -0.1) is 0 Å². The van der Waals surface area contributed by atoms with E-state index in [1.54, 1.807) is 6.07 Å². The Hall–Kier alpha value is -0.860. The molecule has 0 spiro atoms. The van der Waals surface area contributed by atoms with Crippen LogP contribution in [0.25, 0.3) is 0 Å². The molecule has 6 nitrogen and oxygen atoms in total. The average molecular weight is 476 g/mol. The molecule has 2 aliphatic rings. The number of hydrogen-bond donors (Lipinski definition) is 1. The minimum Gasteiger partial charge on any atom is -0.354 e. The van der Waals surface area contributed by atoms with Gasteiger partial charge in [-0.1, -0.05) is 36.2 Å². The van der Waals surface area contributed by atoms with Gasteiger partial charge < -0.3 is 5.32 Å². The van der Waals surface area contributed by atoms with E-state index in [-0.39, 0.29) is 39.9 Å². The summed E-state index contributed by atoms with van der Waals surface area (Å²) < 4.78 is 27.3. The Morgan fingerprint density at radius 3 is 2.23 bits per heavy atom. The lowest BCUT2D eigenvalue weighted by Gasteiger charge is -2.35. The fourth-order valence-corrected chi connectivity index (χ4v) is 6.77. The minimum atomic E-state index is -3.79. The second kappa shape index (κ2) is 10.2. The van der Waals surface area contributed by atoms with Crippen LogP contribution in [0.15, 0.2) is 23.1 Å². The summed E-state index contributed by atoms with van der Waals surface area (Å²) in [6.45, 7) is 7.79. The number of likely N-dealkylation sites (tertiary alicyclic amines) is 1. The molecule has 9 heteroatoms. The molecule has 2 aliphatic heterocycles. The molecule has 1 unspecified atom stereocenters. The Labute approximate surface area is 189 Å². The van der Waals surface area contributed by atoms with Gasteiger partial charge in [-0.3, -0.25) is 9.69 Å². The van der Waals surface area contributed by atoms with E-state index in [0.717, 1.165) is 19.0 Å². The Morgan fingerprint density at radius 2 is 1.67 bits per heavy atom. The van der Waals surface area contributed by atoms with Gasteiger partial charge in [-0.05, 0) is 63.7 Å². The Kier molecular flexibility index (Phi) is 8.07. The van der Waals surface area contributed by atoms with Crippen molar-refractivity contribution in [1.82, 2.24) is 14.5 Å². The fraction of sp³-hybridized carbons (Fsp3) is 0.667. The standard InChI is InChI=1S/C21H31Cl2N3O3S/c1-15-6-10-25(11-7-15)16(2)14-24-21(27)17-8-12-26(13-9-17)30(28,29)20-18(22)4-3-5-19(20)23/h3-5,15-17H,6-14H2,1-2H3,(H,24,27). The van der Waals surface area contributed by atoms with Gasteiger partial charge in [0.25, 0.3) is 0 Å². The third-order valence-corrected chi connectivity index (χ3v) is 9.21. The van der Waals surface area contributed by atoms with E-state index in [1.807, 2.05) is 0 Å². The van der Waals surface area contributed by atoms with Crippen LogP contribution in [0.3, 0.4) is 0 Å². The van der Waals surface area contributed by atoms with E-state index in [2.05, 4.69) is 24.1 Å². The van der Waals surface area contributed by atoms with Crippen molar-refractivity contribution < 1.29 is 13.2 Å². The summed E-state index contributed by atoms with van der Waals surface area (Å²) in [5, 5.41) is 3.30. The molecule has 0 aromatic heterocycles. The van der Waals surface area contributed by atoms with Gasteiger partial charge in [-0.25, -0.2) is 8.42 Å². The first-order chi connectivity index (χ1) is 14.2. The van der Waals surface area contributed by atoms with Gasteiger partial charge in [-0.2, -0.15) is 4.31 Å². The zero-order valence-electron chi connectivity index (χ0n) is 17.6. The van der Waals surface area contributed by atoms with Crippen molar-refractivity contribution in [2.45, 2.75) is 50.5 Å². The van der Waals surface area contributed by atoms with E-state index in [9.17, 15) is 13.2 Å². The highest BCUT2D eigenvalue weighted by Gasteiger charge is 2.34. The number of piperidine rings is 2. The van der Waals surface area contributed by atoms with Crippen LogP contribution in [0.5, 0.6) is 0 Å². The average Bonchev–Trinajstić information content (AvgIpc) is 2.72. The van der Waals surface area contributed by atoms with Crippen LogP contribution >= 0.6 is 23.2 Å². The molecule has 2 fully saturated rings. The first kappa shape index (κ1) is 23.8. The van der Waals surface area contributed by atoms with Crippen molar-refractivity contribution in [3.8, 4) is 0 Å². The molecule has 0 bridgehead atoms. The van der Waals surface area contributed by atoms with Gasteiger partial charge in [0.05, 0.1) is 10.0 Å². The minimum absolute atomic E-state index is 0.0139. The van der Waals surface area contributed by atoms with Crippen LogP contribution in [0.4, 0.5) is 0 Å². The topological polar surface area (TPSA) is 69.7 Å². The first-order valence-electron chi connectivity index (χ1n) is 10.7. The number of nitrogens with one attached hydrogen (secondary N) is 1. The first-order valence-corrected chi connectivity index (χ1v) is 12.9. The second-order valence-electron chi connectivity index (χ2n) is 8.54. The van der Waals surface area contributed by atoms with Crippen molar-refractivity contribution in [2.75, 3.05) is 32.7 Å². The van der Waals surface area contributed by atoms with E-state index in [0.29, 0.717) is 25.4 Å². The summed E-state index contributed by atoms with van der Waals surface area (Å²) in [5.74, 6) is 0.622. The molecule has 1 atom stereocenters. The predicted molar refractivity (Wildman–Crippen MR) is 120 cm³/mol. The Bertz CT molecular complexity index is 829. The number of carbonyl (C=O) groups excluding carboxylic acids is 1. The number of benzene rings is 1. The molecule has 2 heterocycles. The molecular weight excluding hydrogens is 445 g/mol. The van der Waals surface area contributed by atoms with Gasteiger partial charge in [0, 0.05) is 31.6 Å². The molecule has 1 amide bonds. The number of halogens is 2. The van der Waals surface area contributed by atoms with Gasteiger partial charge in [0.15, 0.2) is 0 Å². The predicted octanol–water partition coefficient (Wildman–Crippen LogP) is 3.63. The maximum Gasteiger partial charge on any atom is 0.246 e. The summed E-state index contributed by atoms with van der Waals surface area (Å²) in [7, 11) is -3.79. The molecule has 0 radical (unpaired) electrons. The highest BCUT2D eigenvalue weighted by molar-refractivity contribution is 7.89. The number of hydrogen-bond acceptors (Lipinski definition) is 4. The zero-order valence-corrected chi connectivity index (χ0v) is 19.9. The monoisotopic (exact) mass is 475 g/mol. The molecule has 0 saturated carbocycles. The van der Waals surface area contributed by atoms with Crippen molar-refractivity contribution in [3.05, 3.63) is 28.2 Å². The molecule has 2 saturated heterocycles. The van der Waals surface area contributed by atoms with E-state index in [4.69, 9.17) is 23.2 Å². The fourth-order valence-electron chi connectivity index (χ4n) is 4.21. The van der Waals surface area contributed by atoms with Crippen LogP contribution in [-0.4, -0.2) is 62.3 Å². The maximum atomic E-state index is 13.0. The quantitative estimate of drug-likeness (QED) is 0.681. The molecular formula is C21H31Cl2N3O3S. The largest absolute Gasteiger partial charge is 0.354 e. The summed E-state index contributed by atoms with van der Waals surface area (Å²) in [6, 6.07) is 4.96. The Balaban J connectivity index is 1.51. The van der Waals surface area contributed by atoms with Crippen molar-refractivity contribution in [2.24, 2.45) is 11.8 Å². The van der Waals surface area contributed by atoms with Crippen LogP contribution in [0, 0.1) is 11.8 Å². The van der Waals surface area contributed by atoms with Crippen LogP contribution in [-0.2, 0) is 14.8 Å².